The summed E-state index contributed by atoms with van der Waals surface area (Å²) < 4.78 is 0. The van der Waals surface area contributed by atoms with Crippen LogP contribution in [0.2, 0.25) is 0 Å². The van der Waals surface area contributed by atoms with E-state index in [1.807, 2.05) is 55.1 Å². The molecule has 1 saturated heterocycles. The van der Waals surface area contributed by atoms with Crippen molar-refractivity contribution in [1.29, 1.82) is 0 Å². The number of nitrogens with zero attached hydrogens (tertiary/aromatic N) is 3. The first-order valence-electron chi connectivity index (χ1n) is 13.9. The van der Waals surface area contributed by atoms with Crippen LogP contribution in [0.1, 0.15) is 61.8 Å². The summed E-state index contributed by atoms with van der Waals surface area (Å²) in [5.41, 5.74) is 10.1. The first-order chi connectivity index (χ1) is 18.5. The van der Waals surface area contributed by atoms with Gasteiger partial charge in [0, 0.05) is 25.2 Å². The molecule has 6 heteroatoms. The van der Waals surface area contributed by atoms with E-state index in [9.17, 15) is 9.59 Å². The summed E-state index contributed by atoms with van der Waals surface area (Å²) in [6.07, 6.45) is 0.706. The van der Waals surface area contributed by atoms with E-state index in [4.69, 9.17) is 0 Å². The first-order valence-corrected chi connectivity index (χ1v) is 13.9. The Bertz CT molecular complexity index is 1350. The Morgan fingerprint density at radius 3 is 2.26 bits per heavy atom. The molecule has 203 valence electrons. The van der Waals surface area contributed by atoms with Crippen LogP contribution in [0, 0.1) is 41.5 Å². The molecule has 2 amide bonds. The van der Waals surface area contributed by atoms with Crippen molar-refractivity contribution < 1.29 is 9.59 Å². The highest BCUT2D eigenvalue weighted by atomic mass is 16.2. The fourth-order valence-corrected chi connectivity index (χ4v) is 5.60. The number of benzene rings is 3. The van der Waals surface area contributed by atoms with Gasteiger partial charge in [0.15, 0.2) is 0 Å². The van der Waals surface area contributed by atoms with Gasteiger partial charge in [0.25, 0.3) is 5.91 Å². The standard InChI is InChI=1S/C33H41BN3O2/c1-22-17-23(2)19-28(18-22)33(39)37-16-15-36(14-13-31(37)30-10-8-9-25(4)27(30)6)32(38)21-35(7)34-29-12-11-24(3)26(5)20-29/h8-12,17-20,31H,13-16,21H2,1-7H3. The minimum Gasteiger partial charge on any atom is -0.340 e. The Labute approximate surface area is 235 Å². The fraction of sp³-hybridized carbons (Fsp3) is 0.394. The molecule has 1 atom stereocenters. The second kappa shape index (κ2) is 12.2. The maximum atomic E-state index is 14.0. The second-order valence-corrected chi connectivity index (χ2v) is 11.2. The third kappa shape index (κ3) is 6.80. The number of carbonyl (C=O) groups excluding carboxylic acids is 2. The summed E-state index contributed by atoms with van der Waals surface area (Å²) in [5.74, 6) is 0.111. The minimum atomic E-state index is -0.0872. The van der Waals surface area contributed by atoms with Crippen molar-refractivity contribution in [3.8, 4) is 0 Å². The third-order valence-electron chi connectivity index (χ3n) is 8.03. The van der Waals surface area contributed by atoms with Crippen LogP contribution < -0.4 is 5.46 Å². The summed E-state index contributed by atoms with van der Waals surface area (Å²) in [6, 6.07) is 18.6. The lowest BCUT2D eigenvalue weighted by Crippen LogP contribution is -2.44. The zero-order chi connectivity index (χ0) is 28.3. The van der Waals surface area contributed by atoms with Crippen molar-refractivity contribution in [2.75, 3.05) is 33.2 Å². The SMILES string of the molecule is Cc1cc(C)cc(C(=O)N2CCN(C(=O)CN(C)[B]c3ccc(C)c(C)c3)CCC2c2cccc(C)c2C)c1. The normalized spacial score (nSPS) is 15.8. The van der Waals surface area contributed by atoms with Crippen molar-refractivity contribution in [2.45, 2.75) is 54.0 Å². The van der Waals surface area contributed by atoms with E-state index in [-0.39, 0.29) is 17.9 Å². The van der Waals surface area contributed by atoms with E-state index >= 15 is 0 Å². The molecule has 1 radical (unpaired) electrons. The monoisotopic (exact) mass is 522 g/mol. The maximum absolute atomic E-state index is 14.0. The van der Waals surface area contributed by atoms with Crippen molar-refractivity contribution in [3.05, 3.63) is 99.1 Å². The van der Waals surface area contributed by atoms with Crippen LogP contribution in [0.25, 0.3) is 0 Å². The van der Waals surface area contributed by atoms with Crippen LogP contribution in [-0.2, 0) is 4.79 Å². The molecule has 1 fully saturated rings. The number of aryl methyl sites for hydroxylation is 5. The van der Waals surface area contributed by atoms with Gasteiger partial charge < -0.3 is 14.6 Å². The number of likely N-dealkylation sites (N-methyl/N-ethyl adjacent to an activating group) is 1. The van der Waals surface area contributed by atoms with Gasteiger partial charge in [-0.3, -0.25) is 9.59 Å². The molecular formula is C33H41BN3O2. The van der Waals surface area contributed by atoms with Crippen LogP contribution >= 0.6 is 0 Å². The van der Waals surface area contributed by atoms with E-state index in [1.54, 1.807) is 0 Å². The van der Waals surface area contributed by atoms with Crippen molar-refractivity contribution in [3.63, 3.8) is 0 Å². The van der Waals surface area contributed by atoms with Crippen LogP contribution in [0.4, 0.5) is 0 Å². The van der Waals surface area contributed by atoms with Gasteiger partial charge in [0.1, 0.15) is 0 Å². The van der Waals surface area contributed by atoms with E-state index in [0.717, 1.165) is 16.6 Å². The van der Waals surface area contributed by atoms with E-state index in [0.29, 0.717) is 38.2 Å². The number of rotatable bonds is 6. The molecule has 0 aliphatic carbocycles. The molecule has 1 aliphatic rings. The molecule has 3 aromatic carbocycles. The molecule has 0 saturated carbocycles. The molecule has 0 aromatic heterocycles. The summed E-state index contributed by atoms with van der Waals surface area (Å²) in [7, 11) is 3.97. The summed E-state index contributed by atoms with van der Waals surface area (Å²) >= 11 is 0. The molecule has 1 heterocycles. The van der Waals surface area contributed by atoms with E-state index in [1.165, 1.54) is 27.8 Å². The zero-order valence-corrected chi connectivity index (χ0v) is 24.5. The lowest BCUT2D eigenvalue weighted by Gasteiger charge is -2.31. The predicted octanol–water partition coefficient (Wildman–Crippen LogP) is 4.83. The average molecular weight is 523 g/mol. The molecule has 0 N–H and O–H groups in total. The lowest BCUT2D eigenvalue weighted by molar-refractivity contribution is -0.131. The van der Waals surface area contributed by atoms with Gasteiger partial charge >= 0.3 is 0 Å². The van der Waals surface area contributed by atoms with Gasteiger partial charge in [0.05, 0.1) is 12.6 Å². The number of hydrogen-bond donors (Lipinski definition) is 0. The molecule has 4 rings (SSSR count). The first kappa shape index (κ1) is 28.6. The van der Waals surface area contributed by atoms with E-state index in [2.05, 4.69) is 70.2 Å². The molecule has 3 aromatic rings. The lowest BCUT2D eigenvalue weighted by atomic mass is 9.79. The molecular weight excluding hydrogens is 481 g/mol. The van der Waals surface area contributed by atoms with Crippen molar-refractivity contribution in [1.82, 2.24) is 14.6 Å². The summed E-state index contributed by atoms with van der Waals surface area (Å²) in [6.45, 7) is 14.4. The highest BCUT2D eigenvalue weighted by Crippen LogP contribution is 2.32. The Hall–Kier alpha value is -3.38. The molecule has 0 bridgehead atoms. The second-order valence-electron chi connectivity index (χ2n) is 11.2. The van der Waals surface area contributed by atoms with Crippen LogP contribution in [0.15, 0.2) is 54.6 Å². The molecule has 39 heavy (non-hydrogen) atoms. The quantitative estimate of drug-likeness (QED) is 0.436. The Kier molecular flexibility index (Phi) is 8.96. The predicted molar refractivity (Wildman–Crippen MR) is 161 cm³/mol. The number of carbonyl (C=O) groups is 2. The van der Waals surface area contributed by atoms with Crippen LogP contribution in [0.3, 0.4) is 0 Å². The van der Waals surface area contributed by atoms with Crippen LogP contribution in [-0.4, -0.2) is 67.1 Å². The van der Waals surface area contributed by atoms with E-state index < -0.39 is 0 Å². The van der Waals surface area contributed by atoms with Gasteiger partial charge in [-0.25, -0.2) is 0 Å². The smallest absolute Gasteiger partial charge is 0.254 e. The largest absolute Gasteiger partial charge is 0.340 e. The summed E-state index contributed by atoms with van der Waals surface area (Å²) in [5, 5.41) is 0. The number of amides is 2. The zero-order valence-electron chi connectivity index (χ0n) is 24.5. The van der Waals surface area contributed by atoms with Gasteiger partial charge in [-0.1, -0.05) is 59.1 Å². The van der Waals surface area contributed by atoms with Gasteiger partial charge in [0.2, 0.25) is 13.3 Å². The Morgan fingerprint density at radius 1 is 0.846 bits per heavy atom. The van der Waals surface area contributed by atoms with Gasteiger partial charge in [-0.2, -0.15) is 0 Å². The average Bonchev–Trinajstić information content (AvgIpc) is 3.10. The molecule has 1 aliphatic heterocycles. The summed E-state index contributed by atoms with van der Waals surface area (Å²) in [4.78, 5) is 33.3. The molecule has 5 nitrogen and oxygen atoms in total. The maximum Gasteiger partial charge on any atom is 0.254 e. The highest BCUT2D eigenvalue weighted by molar-refractivity contribution is 6.50. The van der Waals surface area contributed by atoms with Crippen molar-refractivity contribution in [2.24, 2.45) is 0 Å². The van der Waals surface area contributed by atoms with Crippen LogP contribution in [0.5, 0.6) is 0 Å². The highest BCUT2D eigenvalue weighted by Gasteiger charge is 2.32. The minimum absolute atomic E-state index is 0.0298. The molecule has 1 unspecified atom stereocenters. The van der Waals surface area contributed by atoms with Gasteiger partial charge in [-0.05, 0) is 95.0 Å². The Balaban J connectivity index is 1.54. The third-order valence-corrected chi connectivity index (χ3v) is 8.03. The van der Waals surface area contributed by atoms with Gasteiger partial charge in [-0.15, -0.1) is 0 Å². The molecule has 0 spiro atoms. The van der Waals surface area contributed by atoms with Crippen molar-refractivity contribution >= 4 is 24.7 Å². The Morgan fingerprint density at radius 2 is 1.56 bits per heavy atom. The fourth-order valence-electron chi connectivity index (χ4n) is 5.60. The topological polar surface area (TPSA) is 43.9 Å². The number of hydrogen-bond acceptors (Lipinski definition) is 3.